The normalized spacial score (nSPS) is 10.6. The van der Waals surface area contributed by atoms with Gasteiger partial charge in [-0.3, -0.25) is 9.59 Å². The van der Waals surface area contributed by atoms with Gasteiger partial charge in [-0.15, -0.1) is 0 Å². The summed E-state index contributed by atoms with van der Waals surface area (Å²) in [5.41, 5.74) is 0.532. The van der Waals surface area contributed by atoms with Crippen LogP contribution in [0.5, 0.6) is 0 Å². The number of benzene rings is 2. The fourth-order valence-electron chi connectivity index (χ4n) is 2.71. The lowest BCUT2D eigenvalue weighted by molar-refractivity contribution is -0.116. The molecule has 0 bridgehead atoms. The molecule has 3 rings (SSSR count). The molecule has 2 amide bonds. The maximum atomic E-state index is 13.9. The molecule has 2 aromatic carbocycles. The van der Waals surface area contributed by atoms with Crippen LogP contribution in [-0.2, 0) is 4.79 Å². The van der Waals surface area contributed by atoms with E-state index >= 15 is 0 Å². The predicted molar refractivity (Wildman–Crippen MR) is 111 cm³/mol. The summed E-state index contributed by atoms with van der Waals surface area (Å²) in [7, 11) is 0. The molecule has 1 N–H and O–H groups in total. The summed E-state index contributed by atoms with van der Waals surface area (Å²) < 4.78 is 19.5. The number of halogens is 3. The minimum atomic E-state index is -0.490. The third-order valence-corrected chi connectivity index (χ3v) is 4.82. The quantitative estimate of drug-likeness (QED) is 0.557. The van der Waals surface area contributed by atoms with Crippen molar-refractivity contribution in [2.45, 2.75) is 6.92 Å². The number of furan rings is 1. The van der Waals surface area contributed by atoms with Crippen molar-refractivity contribution in [3.05, 3.63) is 76.2 Å². The molecular formula is C21H17Cl2FN2O3. The lowest BCUT2D eigenvalue weighted by atomic mass is 10.1. The second-order valence-corrected chi connectivity index (χ2v) is 6.92. The van der Waals surface area contributed by atoms with Gasteiger partial charge in [0.2, 0.25) is 5.91 Å². The third kappa shape index (κ3) is 4.78. The van der Waals surface area contributed by atoms with E-state index in [1.54, 1.807) is 43.3 Å². The molecule has 0 unspecified atom stereocenters. The van der Waals surface area contributed by atoms with Gasteiger partial charge in [-0.2, -0.15) is 0 Å². The van der Waals surface area contributed by atoms with E-state index in [-0.39, 0.29) is 35.9 Å². The first-order valence-electron chi connectivity index (χ1n) is 8.78. The van der Waals surface area contributed by atoms with Crippen LogP contribution in [0.15, 0.2) is 59.0 Å². The second kappa shape index (κ2) is 9.11. The van der Waals surface area contributed by atoms with Crippen LogP contribution < -0.4 is 5.32 Å². The number of nitrogens with zero attached hydrogens (tertiary/aromatic N) is 1. The molecule has 0 saturated heterocycles. The zero-order valence-corrected chi connectivity index (χ0v) is 16.9. The number of hydrogen-bond donors (Lipinski definition) is 1. The topological polar surface area (TPSA) is 62.6 Å². The Labute approximate surface area is 177 Å². The van der Waals surface area contributed by atoms with E-state index in [2.05, 4.69) is 5.32 Å². The fraction of sp³-hybridized carbons (Fsp3) is 0.143. The number of anilines is 1. The van der Waals surface area contributed by atoms with Gasteiger partial charge in [0.1, 0.15) is 18.1 Å². The standard InChI is InChI=1S/C21H17Cl2FN2O3/c1-2-26(12-19(27)25-20-14(22)7-5-8-15(20)23)21(28)18-11-10-17(29-18)13-6-3-4-9-16(13)24/h3-11H,2,12H2,1H3,(H,25,27). The number of likely N-dealkylation sites (N-methyl/N-ethyl adjacent to an activating group) is 1. The number of carbonyl (C=O) groups is 2. The molecule has 0 spiro atoms. The van der Waals surface area contributed by atoms with Crippen LogP contribution in [0.2, 0.25) is 10.0 Å². The molecule has 8 heteroatoms. The van der Waals surface area contributed by atoms with Gasteiger partial charge in [0.05, 0.1) is 21.3 Å². The number of para-hydroxylation sites is 1. The van der Waals surface area contributed by atoms with Crippen molar-refractivity contribution in [3.8, 4) is 11.3 Å². The lowest BCUT2D eigenvalue weighted by Gasteiger charge is -2.19. The maximum Gasteiger partial charge on any atom is 0.290 e. The van der Waals surface area contributed by atoms with Crippen molar-refractivity contribution in [2.75, 3.05) is 18.4 Å². The van der Waals surface area contributed by atoms with Crippen LogP contribution in [0.3, 0.4) is 0 Å². The molecule has 0 atom stereocenters. The van der Waals surface area contributed by atoms with Crippen LogP contribution in [-0.4, -0.2) is 29.8 Å². The molecule has 150 valence electrons. The van der Waals surface area contributed by atoms with E-state index in [1.807, 2.05) is 0 Å². The van der Waals surface area contributed by atoms with Crippen molar-refractivity contribution in [1.29, 1.82) is 0 Å². The van der Waals surface area contributed by atoms with Gasteiger partial charge in [-0.05, 0) is 43.3 Å². The van der Waals surface area contributed by atoms with E-state index in [0.717, 1.165) is 0 Å². The van der Waals surface area contributed by atoms with Crippen molar-refractivity contribution in [1.82, 2.24) is 4.90 Å². The van der Waals surface area contributed by atoms with Crippen molar-refractivity contribution in [2.24, 2.45) is 0 Å². The minimum Gasteiger partial charge on any atom is -0.451 e. The Balaban J connectivity index is 1.72. The molecule has 0 aliphatic heterocycles. The monoisotopic (exact) mass is 434 g/mol. The average molecular weight is 435 g/mol. The summed E-state index contributed by atoms with van der Waals surface area (Å²) in [5.74, 6) is -1.17. The van der Waals surface area contributed by atoms with Crippen LogP contribution in [0, 0.1) is 5.82 Å². The Morgan fingerprint density at radius 2 is 1.72 bits per heavy atom. The van der Waals surface area contributed by atoms with Gasteiger partial charge < -0.3 is 14.6 Å². The van der Waals surface area contributed by atoms with Gasteiger partial charge >= 0.3 is 0 Å². The summed E-state index contributed by atoms with van der Waals surface area (Å²) in [6.45, 7) is 1.76. The minimum absolute atomic E-state index is 0.00804. The van der Waals surface area contributed by atoms with E-state index in [0.29, 0.717) is 10.0 Å². The van der Waals surface area contributed by atoms with Gasteiger partial charge in [0.15, 0.2) is 5.76 Å². The van der Waals surface area contributed by atoms with E-state index in [4.69, 9.17) is 27.6 Å². The van der Waals surface area contributed by atoms with E-state index in [1.165, 1.54) is 23.1 Å². The zero-order chi connectivity index (χ0) is 21.0. The number of carbonyl (C=O) groups excluding carboxylic acids is 2. The number of hydrogen-bond acceptors (Lipinski definition) is 3. The highest BCUT2D eigenvalue weighted by Gasteiger charge is 2.22. The van der Waals surface area contributed by atoms with Gasteiger partial charge in [0, 0.05) is 6.54 Å². The molecular weight excluding hydrogens is 418 g/mol. The number of amides is 2. The lowest BCUT2D eigenvalue weighted by Crippen LogP contribution is -2.37. The highest BCUT2D eigenvalue weighted by atomic mass is 35.5. The molecule has 0 radical (unpaired) electrons. The summed E-state index contributed by atoms with van der Waals surface area (Å²) in [5, 5.41) is 3.20. The Bertz CT molecular complexity index is 1030. The highest BCUT2D eigenvalue weighted by Crippen LogP contribution is 2.30. The van der Waals surface area contributed by atoms with Crippen LogP contribution >= 0.6 is 23.2 Å². The number of rotatable bonds is 6. The first-order valence-corrected chi connectivity index (χ1v) is 9.54. The van der Waals surface area contributed by atoms with Gasteiger partial charge in [0.25, 0.3) is 5.91 Å². The van der Waals surface area contributed by atoms with E-state index in [9.17, 15) is 14.0 Å². The predicted octanol–water partition coefficient (Wildman–Crippen LogP) is 5.49. The Kier molecular flexibility index (Phi) is 6.56. The van der Waals surface area contributed by atoms with Crippen molar-refractivity contribution in [3.63, 3.8) is 0 Å². The highest BCUT2D eigenvalue weighted by molar-refractivity contribution is 6.39. The fourth-order valence-corrected chi connectivity index (χ4v) is 3.20. The summed E-state index contributed by atoms with van der Waals surface area (Å²) in [4.78, 5) is 26.4. The zero-order valence-electron chi connectivity index (χ0n) is 15.4. The molecule has 0 saturated carbocycles. The van der Waals surface area contributed by atoms with E-state index < -0.39 is 17.6 Å². The Hall–Kier alpha value is -2.83. The molecule has 3 aromatic rings. The molecule has 1 heterocycles. The molecule has 0 aliphatic rings. The molecule has 29 heavy (non-hydrogen) atoms. The molecule has 1 aromatic heterocycles. The van der Waals surface area contributed by atoms with Crippen molar-refractivity contribution >= 4 is 40.7 Å². The summed E-state index contributed by atoms with van der Waals surface area (Å²) >= 11 is 12.1. The van der Waals surface area contributed by atoms with Gasteiger partial charge in [-0.1, -0.05) is 41.4 Å². The largest absolute Gasteiger partial charge is 0.451 e. The van der Waals surface area contributed by atoms with Gasteiger partial charge in [-0.25, -0.2) is 4.39 Å². The van der Waals surface area contributed by atoms with Crippen LogP contribution in [0.25, 0.3) is 11.3 Å². The smallest absolute Gasteiger partial charge is 0.290 e. The first-order chi connectivity index (χ1) is 13.9. The molecule has 0 aliphatic carbocycles. The first kappa shape index (κ1) is 20.9. The second-order valence-electron chi connectivity index (χ2n) is 6.11. The molecule has 5 nitrogen and oxygen atoms in total. The van der Waals surface area contributed by atoms with Crippen molar-refractivity contribution < 1.29 is 18.4 Å². The summed E-state index contributed by atoms with van der Waals surface area (Å²) in [6.07, 6.45) is 0. The average Bonchev–Trinajstić information content (AvgIpc) is 3.19. The Morgan fingerprint density at radius 1 is 1.03 bits per heavy atom. The van der Waals surface area contributed by atoms with Crippen LogP contribution in [0.4, 0.5) is 10.1 Å². The van der Waals surface area contributed by atoms with Crippen LogP contribution in [0.1, 0.15) is 17.5 Å². The summed E-state index contributed by atoms with van der Waals surface area (Å²) in [6, 6.07) is 13.9. The molecule has 0 fully saturated rings. The third-order valence-electron chi connectivity index (χ3n) is 4.19. The number of nitrogens with one attached hydrogen (secondary N) is 1. The Morgan fingerprint density at radius 3 is 2.38 bits per heavy atom. The maximum absolute atomic E-state index is 13.9. The SMILES string of the molecule is CCN(CC(=O)Nc1c(Cl)cccc1Cl)C(=O)c1ccc(-c2ccccc2F)o1.